The summed E-state index contributed by atoms with van der Waals surface area (Å²) in [4.78, 5) is 0. The molecular formula is C13H20ClNO2. The first kappa shape index (κ1) is 14.5. The summed E-state index contributed by atoms with van der Waals surface area (Å²) in [5.74, 6) is 0. The lowest BCUT2D eigenvalue weighted by atomic mass is 10.1. The van der Waals surface area contributed by atoms with Crippen LogP contribution in [0.25, 0.3) is 0 Å². The molecule has 0 fully saturated rings. The lowest BCUT2D eigenvalue weighted by Crippen LogP contribution is -2.33. The van der Waals surface area contributed by atoms with Crippen LogP contribution >= 0.6 is 11.6 Å². The maximum atomic E-state index is 6.12. The zero-order chi connectivity index (χ0) is 12.5. The van der Waals surface area contributed by atoms with Gasteiger partial charge in [0, 0.05) is 18.2 Å². The fourth-order valence-corrected chi connectivity index (χ4v) is 1.75. The van der Waals surface area contributed by atoms with E-state index in [1.165, 1.54) is 0 Å². The van der Waals surface area contributed by atoms with E-state index in [1.807, 2.05) is 31.3 Å². The molecule has 0 saturated heterocycles. The average Bonchev–Trinajstić information content (AvgIpc) is 2.35. The molecule has 1 aromatic carbocycles. The molecule has 0 radical (unpaired) electrons. The van der Waals surface area contributed by atoms with E-state index < -0.39 is 0 Å². The second-order valence-corrected chi connectivity index (χ2v) is 4.26. The number of ether oxygens (including phenoxy) is 2. The Hall–Kier alpha value is -0.610. The van der Waals surface area contributed by atoms with Crippen molar-refractivity contribution in [1.82, 2.24) is 5.32 Å². The van der Waals surface area contributed by atoms with Gasteiger partial charge >= 0.3 is 0 Å². The summed E-state index contributed by atoms with van der Waals surface area (Å²) >= 11 is 6.12. The van der Waals surface area contributed by atoms with Crippen molar-refractivity contribution in [3.8, 4) is 0 Å². The van der Waals surface area contributed by atoms with Gasteiger partial charge in [-0.05, 0) is 25.1 Å². The second kappa shape index (κ2) is 8.48. The number of methoxy groups -OCH3 is 1. The minimum atomic E-state index is 0.270. The summed E-state index contributed by atoms with van der Waals surface area (Å²) in [6.07, 6.45) is 0.864. The Balaban J connectivity index is 2.38. The van der Waals surface area contributed by atoms with Gasteiger partial charge in [0.05, 0.1) is 19.8 Å². The largest absolute Gasteiger partial charge is 0.382 e. The monoisotopic (exact) mass is 257 g/mol. The zero-order valence-electron chi connectivity index (χ0n) is 10.4. The molecule has 1 rings (SSSR count). The van der Waals surface area contributed by atoms with Crippen LogP contribution in [0.2, 0.25) is 5.02 Å². The third-order valence-electron chi connectivity index (χ3n) is 2.58. The third-order valence-corrected chi connectivity index (χ3v) is 2.95. The lowest BCUT2D eigenvalue weighted by molar-refractivity contribution is 0.0598. The molecule has 4 heteroatoms. The van der Waals surface area contributed by atoms with Crippen LogP contribution in [0.3, 0.4) is 0 Å². The van der Waals surface area contributed by atoms with Gasteiger partial charge < -0.3 is 14.8 Å². The molecule has 0 saturated carbocycles. The molecule has 1 aromatic rings. The van der Waals surface area contributed by atoms with Crippen molar-refractivity contribution in [2.45, 2.75) is 12.5 Å². The minimum Gasteiger partial charge on any atom is -0.382 e. The van der Waals surface area contributed by atoms with Gasteiger partial charge in [0.2, 0.25) is 0 Å². The van der Waals surface area contributed by atoms with Crippen molar-refractivity contribution >= 4 is 11.6 Å². The Bertz CT molecular complexity index is 320. The summed E-state index contributed by atoms with van der Waals surface area (Å²) in [7, 11) is 3.60. The van der Waals surface area contributed by atoms with E-state index in [0.29, 0.717) is 19.8 Å². The Morgan fingerprint density at radius 3 is 2.71 bits per heavy atom. The number of rotatable bonds is 8. The first-order valence-corrected chi connectivity index (χ1v) is 6.13. The highest BCUT2D eigenvalue weighted by Crippen LogP contribution is 2.16. The van der Waals surface area contributed by atoms with Crippen LogP contribution in [0.15, 0.2) is 24.3 Å². The molecular weight excluding hydrogens is 238 g/mol. The minimum absolute atomic E-state index is 0.270. The van der Waals surface area contributed by atoms with Crippen LogP contribution in [-0.4, -0.2) is 40.0 Å². The van der Waals surface area contributed by atoms with Crippen LogP contribution in [0.5, 0.6) is 0 Å². The molecule has 0 aliphatic carbocycles. The number of hydrogen-bond donors (Lipinski definition) is 1. The van der Waals surface area contributed by atoms with Crippen molar-refractivity contribution in [3.05, 3.63) is 34.9 Å². The van der Waals surface area contributed by atoms with Crippen molar-refractivity contribution in [2.75, 3.05) is 34.0 Å². The quantitative estimate of drug-likeness (QED) is 0.724. The van der Waals surface area contributed by atoms with E-state index in [0.717, 1.165) is 17.0 Å². The van der Waals surface area contributed by atoms with E-state index in [1.54, 1.807) is 7.11 Å². The van der Waals surface area contributed by atoms with Crippen LogP contribution in [0, 0.1) is 0 Å². The standard InChI is InChI=1S/C13H20ClNO2/c1-15-12(10-17-8-7-16-2)9-11-5-3-4-6-13(11)14/h3-6,12,15H,7-10H2,1-2H3. The van der Waals surface area contributed by atoms with Crippen LogP contribution < -0.4 is 5.32 Å². The smallest absolute Gasteiger partial charge is 0.0701 e. The van der Waals surface area contributed by atoms with Gasteiger partial charge in [0.25, 0.3) is 0 Å². The van der Waals surface area contributed by atoms with Gasteiger partial charge in [-0.2, -0.15) is 0 Å². The zero-order valence-corrected chi connectivity index (χ0v) is 11.2. The Labute approximate surface area is 108 Å². The Morgan fingerprint density at radius 2 is 2.06 bits per heavy atom. The lowest BCUT2D eigenvalue weighted by Gasteiger charge is -2.17. The topological polar surface area (TPSA) is 30.5 Å². The first-order valence-electron chi connectivity index (χ1n) is 5.75. The van der Waals surface area contributed by atoms with Crippen LogP contribution in [-0.2, 0) is 15.9 Å². The average molecular weight is 258 g/mol. The summed E-state index contributed by atoms with van der Waals surface area (Å²) < 4.78 is 10.4. The predicted molar refractivity (Wildman–Crippen MR) is 70.7 cm³/mol. The maximum Gasteiger partial charge on any atom is 0.0701 e. The van der Waals surface area contributed by atoms with Crippen molar-refractivity contribution in [1.29, 1.82) is 0 Å². The maximum absolute atomic E-state index is 6.12. The molecule has 1 unspecified atom stereocenters. The molecule has 0 bridgehead atoms. The van der Waals surface area contributed by atoms with Crippen molar-refractivity contribution < 1.29 is 9.47 Å². The number of hydrogen-bond acceptors (Lipinski definition) is 3. The van der Waals surface area contributed by atoms with Gasteiger partial charge in [0.1, 0.15) is 0 Å². The highest BCUT2D eigenvalue weighted by atomic mass is 35.5. The number of benzene rings is 1. The number of likely N-dealkylation sites (N-methyl/N-ethyl adjacent to an activating group) is 1. The van der Waals surface area contributed by atoms with Gasteiger partial charge in [-0.3, -0.25) is 0 Å². The molecule has 96 valence electrons. The molecule has 0 spiro atoms. The van der Waals surface area contributed by atoms with Gasteiger partial charge in [-0.1, -0.05) is 29.8 Å². The summed E-state index contributed by atoms with van der Waals surface area (Å²) in [6, 6.07) is 8.17. The van der Waals surface area contributed by atoms with E-state index in [2.05, 4.69) is 5.32 Å². The fourth-order valence-electron chi connectivity index (χ4n) is 1.54. The van der Waals surface area contributed by atoms with E-state index >= 15 is 0 Å². The third kappa shape index (κ3) is 5.50. The molecule has 0 aliphatic heterocycles. The molecule has 1 N–H and O–H groups in total. The molecule has 0 amide bonds. The van der Waals surface area contributed by atoms with Crippen molar-refractivity contribution in [2.24, 2.45) is 0 Å². The molecule has 1 atom stereocenters. The Kier molecular flexibility index (Phi) is 7.21. The molecule has 3 nitrogen and oxygen atoms in total. The first-order chi connectivity index (χ1) is 8.27. The van der Waals surface area contributed by atoms with Gasteiger partial charge in [-0.15, -0.1) is 0 Å². The summed E-state index contributed by atoms with van der Waals surface area (Å²) in [5.41, 5.74) is 1.14. The SMILES string of the molecule is CNC(COCCOC)Cc1ccccc1Cl. The summed E-state index contributed by atoms with van der Waals surface area (Å²) in [5, 5.41) is 4.04. The molecule has 17 heavy (non-hydrogen) atoms. The van der Waals surface area contributed by atoms with Crippen molar-refractivity contribution in [3.63, 3.8) is 0 Å². The normalized spacial score (nSPS) is 12.6. The molecule has 0 aliphatic rings. The molecule has 0 heterocycles. The van der Waals surface area contributed by atoms with E-state index in [-0.39, 0.29) is 6.04 Å². The van der Waals surface area contributed by atoms with Crippen LogP contribution in [0.4, 0.5) is 0 Å². The van der Waals surface area contributed by atoms with Gasteiger partial charge in [-0.25, -0.2) is 0 Å². The summed E-state index contributed by atoms with van der Waals surface area (Å²) in [6.45, 7) is 1.91. The fraction of sp³-hybridized carbons (Fsp3) is 0.538. The van der Waals surface area contributed by atoms with Gasteiger partial charge in [0.15, 0.2) is 0 Å². The number of nitrogens with one attached hydrogen (secondary N) is 1. The predicted octanol–water partition coefficient (Wildman–Crippen LogP) is 2.13. The number of halogens is 1. The van der Waals surface area contributed by atoms with E-state index in [9.17, 15) is 0 Å². The Morgan fingerprint density at radius 1 is 1.29 bits per heavy atom. The van der Waals surface area contributed by atoms with Crippen LogP contribution in [0.1, 0.15) is 5.56 Å². The molecule has 0 aromatic heterocycles. The second-order valence-electron chi connectivity index (χ2n) is 3.85. The van der Waals surface area contributed by atoms with E-state index in [4.69, 9.17) is 21.1 Å². The highest BCUT2D eigenvalue weighted by Gasteiger charge is 2.09. The highest BCUT2D eigenvalue weighted by molar-refractivity contribution is 6.31.